The van der Waals surface area contributed by atoms with E-state index < -0.39 is 0 Å². The smallest absolute Gasteiger partial charge is 0.166 e. The molecule has 3 rings (SSSR count). The standard InChI is InChI=1S/C17H11Cl2FN2O2/c18-10-7-13(17(19)21-9-10)16(23)6-5-11-8-15(22-24-11)12-3-1-2-4-14(12)20/h1-4,7-9H,5-6H2. The molecule has 0 saturated carbocycles. The van der Waals surface area contributed by atoms with Gasteiger partial charge in [-0.3, -0.25) is 4.79 Å². The highest BCUT2D eigenvalue weighted by molar-refractivity contribution is 6.34. The van der Waals surface area contributed by atoms with Crippen LogP contribution in [0.25, 0.3) is 11.3 Å². The molecular formula is C17H11Cl2FN2O2. The molecule has 0 spiro atoms. The second-order valence-corrected chi connectivity index (χ2v) is 5.87. The van der Waals surface area contributed by atoms with Crippen molar-refractivity contribution in [3.05, 3.63) is 69.9 Å². The zero-order valence-corrected chi connectivity index (χ0v) is 13.8. The Morgan fingerprint density at radius 3 is 2.79 bits per heavy atom. The number of halogens is 3. The number of rotatable bonds is 5. The van der Waals surface area contributed by atoms with Crippen LogP contribution in [-0.2, 0) is 6.42 Å². The number of nitrogens with zero attached hydrogens (tertiary/aromatic N) is 2. The molecule has 3 aromatic rings. The van der Waals surface area contributed by atoms with Crippen LogP contribution in [0, 0.1) is 5.82 Å². The topological polar surface area (TPSA) is 56.0 Å². The number of aryl methyl sites for hydroxylation is 1. The fourth-order valence-corrected chi connectivity index (χ4v) is 2.58. The van der Waals surface area contributed by atoms with Gasteiger partial charge in [0.15, 0.2) is 5.78 Å². The van der Waals surface area contributed by atoms with Crippen molar-refractivity contribution in [3.8, 4) is 11.3 Å². The third-order valence-corrected chi connectivity index (χ3v) is 3.92. The van der Waals surface area contributed by atoms with Crippen LogP contribution in [0.3, 0.4) is 0 Å². The van der Waals surface area contributed by atoms with E-state index in [0.29, 0.717) is 28.5 Å². The predicted octanol–water partition coefficient (Wildman–Crippen LogP) is 5.00. The van der Waals surface area contributed by atoms with Gasteiger partial charge in [0.25, 0.3) is 0 Å². The number of Topliss-reactive ketones (excluding diaryl/α,β-unsaturated/α-hetero) is 1. The lowest BCUT2D eigenvalue weighted by molar-refractivity contribution is 0.0980. The Labute approximate surface area is 147 Å². The Balaban J connectivity index is 1.71. The minimum absolute atomic E-state index is 0.106. The van der Waals surface area contributed by atoms with Crippen molar-refractivity contribution in [2.75, 3.05) is 0 Å². The van der Waals surface area contributed by atoms with E-state index in [9.17, 15) is 9.18 Å². The average Bonchev–Trinajstić information content (AvgIpc) is 3.04. The van der Waals surface area contributed by atoms with Crippen LogP contribution in [0.1, 0.15) is 22.5 Å². The number of hydrogen-bond acceptors (Lipinski definition) is 4. The predicted molar refractivity (Wildman–Crippen MR) is 88.8 cm³/mol. The fraction of sp³-hybridized carbons (Fsp3) is 0.118. The van der Waals surface area contributed by atoms with Crippen LogP contribution >= 0.6 is 23.2 Å². The van der Waals surface area contributed by atoms with Gasteiger partial charge in [0, 0.05) is 30.7 Å². The number of hydrogen-bond donors (Lipinski definition) is 0. The third-order valence-electron chi connectivity index (χ3n) is 3.41. The SMILES string of the molecule is O=C(CCc1cc(-c2ccccc2F)no1)c1cc(Cl)cnc1Cl. The zero-order valence-electron chi connectivity index (χ0n) is 12.3. The van der Waals surface area contributed by atoms with Gasteiger partial charge in [-0.15, -0.1) is 0 Å². The van der Waals surface area contributed by atoms with Gasteiger partial charge in [-0.05, 0) is 18.2 Å². The van der Waals surface area contributed by atoms with Crippen molar-refractivity contribution < 1.29 is 13.7 Å². The number of carbonyl (C=O) groups excluding carboxylic acids is 1. The third kappa shape index (κ3) is 3.63. The van der Waals surface area contributed by atoms with Crippen molar-refractivity contribution in [3.63, 3.8) is 0 Å². The maximum atomic E-state index is 13.7. The van der Waals surface area contributed by atoms with Crippen LogP contribution < -0.4 is 0 Å². The lowest BCUT2D eigenvalue weighted by atomic mass is 10.1. The largest absolute Gasteiger partial charge is 0.361 e. The minimum atomic E-state index is -0.384. The summed E-state index contributed by atoms with van der Waals surface area (Å²) in [4.78, 5) is 16.1. The molecule has 0 aliphatic heterocycles. The molecule has 0 aliphatic rings. The van der Waals surface area contributed by atoms with Gasteiger partial charge < -0.3 is 4.52 Å². The molecular weight excluding hydrogens is 354 g/mol. The maximum Gasteiger partial charge on any atom is 0.166 e. The van der Waals surface area contributed by atoms with Crippen molar-refractivity contribution in [2.24, 2.45) is 0 Å². The molecule has 24 heavy (non-hydrogen) atoms. The van der Waals surface area contributed by atoms with Gasteiger partial charge in [0.1, 0.15) is 22.4 Å². The first kappa shape index (κ1) is 16.6. The number of ketones is 1. The second-order valence-electron chi connectivity index (χ2n) is 5.07. The highest BCUT2D eigenvalue weighted by Gasteiger charge is 2.15. The highest BCUT2D eigenvalue weighted by Crippen LogP contribution is 2.24. The quantitative estimate of drug-likeness (QED) is 0.472. The molecule has 1 aromatic carbocycles. The zero-order chi connectivity index (χ0) is 17.1. The molecule has 2 heterocycles. The van der Waals surface area contributed by atoms with Gasteiger partial charge in [-0.25, -0.2) is 9.37 Å². The maximum absolute atomic E-state index is 13.7. The molecule has 0 amide bonds. The van der Waals surface area contributed by atoms with Crippen LogP contribution in [0.15, 0.2) is 47.1 Å². The van der Waals surface area contributed by atoms with Gasteiger partial charge in [0.05, 0.1) is 10.6 Å². The molecule has 0 radical (unpaired) electrons. The normalized spacial score (nSPS) is 10.8. The monoisotopic (exact) mass is 364 g/mol. The van der Waals surface area contributed by atoms with Crippen LogP contribution in [0.2, 0.25) is 10.2 Å². The summed E-state index contributed by atoms with van der Waals surface area (Å²) in [5.74, 6) is -0.114. The molecule has 122 valence electrons. The molecule has 0 fully saturated rings. The lowest BCUT2D eigenvalue weighted by Gasteiger charge is -2.02. The number of carbonyl (C=O) groups is 1. The van der Waals surface area contributed by atoms with E-state index in [2.05, 4.69) is 10.1 Å². The Morgan fingerprint density at radius 1 is 1.21 bits per heavy atom. The highest BCUT2D eigenvalue weighted by atomic mass is 35.5. The molecule has 4 nitrogen and oxygen atoms in total. The summed E-state index contributed by atoms with van der Waals surface area (Å²) in [6.07, 6.45) is 1.83. The minimum Gasteiger partial charge on any atom is -0.361 e. The van der Waals surface area contributed by atoms with E-state index in [-0.39, 0.29) is 28.7 Å². The number of aromatic nitrogens is 2. The van der Waals surface area contributed by atoms with Crippen molar-refractivity contribution in [1.82, 2.24) is 10.1 Å². The summed E-state index contributed by atoms with van der Waals surface area (Å²) in [6, 6.07) is 9.36. The lowest BCUT2D eigenvalue weighted by Crippen LogP contribution is -2.03. The molecule has 0 unspecified atom stereocenters. The van der Waals surface area contributed by atoms with E-state index in [4.69, 9.17) is 27.7 Å². The number of benzene rings is 1. The summed E-state index contributed by atoms with van der Waals surface area (Å²) in [7, 11) is 0. The Morgan fingerprint density at radius 2 is 2.00 bits per heavy atom. The van der Waals surface area contributed by atoms with Gasteiger partial charge in [0.2, 0.25) is 0 Å². The van der Waals surface area contributed by atoms with E-state index in [1.54, 1.807) is 24.3 Å². The number of pyridine rings is 1. The van der Waals surface area contributed by atoms with Crippen LogP contribution in [0.5, 0.6) is 0 Å². The first-order chi connectivity index (χ1) is 11.5. The molecule has 0 saturated heterocycles. The molecule has 0 aliphatic carbocycles. The van der Waals surface area contributed by atoms with E-state index in [1.807, 2.05) is 0 Å². The van der Waals surface area contributed by atoms with Crippen molar-refractivity contribution >= 4 is 29.0 Å². The van der Waals surface area contributed by atoms with E-state index in [1.165, 1.54) is 18.3 Å². The Kier molecular flexibility index (Phi) is 4.92. The summed E-state index contributed by atoms with van der Waals surface area (Å²) in [5, 5.41) is 4.29. The second kappa shape index (κ2) is 7.11. The van der Waals surface area contributed by atoms with Gasteiger partial charge in [-0.1, -0.05) is 40.5 Å². The first-order valence-electron chi connectivity index (χ1n) is 7.09. The first-order valence-corrected chi connectivity index (χ1v) is 7.85. The molecule has 0 N–H and O–H groups in total. The van der Waals surface area contributed by atoms with E-state index in [0.717, 1.165) is 0 Å². The summed E-state index contributed by atoms with van der Waals surface area (Å²) in [6.45, 7) is 0. The Bertz CT molecular complexity index is 896. The summed E-state index contributed by atoms with van der Waals surface area (Å²) >= 11 is 11.7. The van der Waals surface area contributed by atoms with Crippen LogP contribution in [-0.4, -0.2) is 15.9 Å². The van der Waals surface area contributed by atoms with Gasteiger partial charge in [-0.2, -0.15) is 0 Å². The van der Waals surface area contributed by atoms with Crippen molar-refractivity contribution in [1.29, 1.82) is 0 Å². The average molecular weight is 365 g/mol. The van der Waals surface area contributed by atoms with Crippen molar-refractivity contribution in [2.45, 2.75) is 12.8 Å². The fourth-order valence-electron chi connectivity index (χ4n) is 2.22. The molecule has 7 heteroatoms. The Hall–Kier alpha value is -2.24. The summed E-state index contributed by atoms with van der Waals surface area (Å²) < 4.78 is 18.9. The van der Waals surface area contributed by atoms with Gasteiger partial charge >= 0.3 is 0 Å². The van der Waals surface area contributed by atoms with E-state index >= 15 is 0 Å². The molecule has 0 bridgehead atoms. The molecule has 2 aromatic heterocycles. The summed E-state index contributed by atoms with van der Waals surface area (Å²) in [5.41, 5.74) is 0.997. The van der Waals surface area contributed by atoms with Crippen LogP contribution in [0.4, 0.5) is 4.39 Å². The molecule has 0 atom stereocenters.